The highest BCUT2D eigenvalue weighted by Crippen LogP contribution is 2.29. The summed E-state index contributed by atoms with van der Waals surface area (Å²) in [5.41, 5.74) is 0.412. The molecule has 0 saturated heterocycles. The molecule has 6 nitrogen and oxygen atoms in total. The SMILES string of the molecule is COCCOC(=O)/C(C#N)=C/c1cc2cccc(OC)c2o1. The molecular formula is C16H15NO5. The van der Waals surface area contributed by atoms with Crippen molar-refractivity contribution >= 4 is 23.0 Å². The molecule has 1 aromatic heterocycles. The van der Waals surface area contributed by atoms with Crippen molar-refractivity contribution < 1.29 is 23.4 Å². The number of esters is 1. The summed E-state index contributed by atoms with van der Waals surface area (Å²) in [6.07, 6.45) is 1.34. The quantitative estimate of drug-likeness (QED) is 0.353. The number of fused-ring (bicyclic) bond motifs is 1. The molecule has 0 radical (unpaired) electrons. The Bertz CT molecular complexity index is 739. The van der Waals surface area contributed by atoms with Crippen LogP contribution >= 0.6 is 0 Å². The molecule has 6 heteroatoms. The zero-order chi connectivity index (χ0) is 15.9. The summed E-state index contributed by atoms with van der Waals surface area (Å²) in [5.74, 6) is 0.241. The molecule has 0 amide bonds. The van der Waals surface area contributed by atoms with Gasteiger partial charge in [-0.2, -0.15) is 5.26 Å². The van der Waals surface area contributed by atoms with Gasteiger partial charge in [0.2, 0.25) is 0 Å². The highest BCUT2D eigenvalue weighted by molar-refractivity contribution is 5.98. The Morgan fingerprint density at radius 2 is 2.18 bits per heavy atom. The Balaban J connectivity index is 2.26. The number of nitrogens with zero attached hydrogens (tertiary/aromatic N) is 1. The second kappa shape index (κ2) is 7.29. The van der Waals surface area contributed by atoms with Crippen molar-refractivity contribution in [2.24, 2.45) is 0 Å². The number of furan rings is 1. The van der Waals surface area contributed by atoms with Gasteiger partial charge in [-0.3, -0.25) is 0 Å². The smallest absolute Gasteiger partial charge is 0.349 e. The molecule has 0 atom stereocenters. The van der Waals surface area contributed by atoms with Gasteiger partial charge in [0.25, 0.3) is 0 Å². The van der Waals surface area contributed by atoms with Crippen LogP contribution in [0.25, 0.3) is 17.0 Å². The minimum atomic E-state index is -0.716. The van der Waals surface area contributed by atoms with Crippen molar-refractivity contribution in [3.05, 3.63) is 35.6 Å². The van der Waals surface area contributed by atoms with Crippen LogP contribution in [0.4, 0.5) is 0 Å². The third kappa shape index (κ3) is 3.45. The summed E-state index contributed by atoms with van der Waals surface area (Å²) in [6, 6.07) is 8.97. The molecule has 0 spiro atoms. The molecule has 1 heterocycles. The number of para-hydroxylation sites is 1. The van der Waals surface area contributed by atoms with E-state index >= 15 is 0 Å². The molecule has 0 aliphatic carbocycles. The largest absolute Gasteiger partial charge is 0.493 e. The zero-order valence-corrected chi connectivity index (χ0v) is 12.3. The minimum Gasteiger partial charge on any atom is -0.493 e. The van der Waals surface area contributed by atoms with E-state index in [1.807, 2.05) is 12.1 Å². The van der Waals surface area contributed by atoms with Gasteiger partial charge in [0.1, 0.15) is 24.0 Å². The van der Waals surface area contributed by atoms with E-state index in [4.69, 9.17) is 23.9 Å². The van der Waals surface area contributed by atoms with E-state index in [2.05, 4.69) is 0 Å². The molecule has 114 valence electrons. The summed E-state index contributed by atoms with van der Waals surface area (Å²) in [4.78, 5) is 11.8. The lowest BCUT2D eigenvalue weighted by Crippen LogP contribution is -2.11. The third-order valence-corrected chi connectivity index (χ3v) is 2.89. The number of hydrogen-bond acceptors (Lipinski definition) is 6. The van der Waals surface area contributed by atoms with Crippen molar-refractivity contribution in [3.8, 4) is 11.8 Å². The maximum Gasteiger partial charge on any atom is 0.349 e. The van der Waals surface area contributed by atoms with E-state index < -0.39 is 5.97 Å². The number of ether oxygens (including phenoxy) is 3. The lowest BCUT2D eigenvalue weighted by molar-refractivity contribution is -0.139. The molecular weight excluding hydrogens is 286 g/mol. The molecule has 2 rings (SSSR count). The molecule has 0 bridgehead atoms. The van der Waals surface area contributed by atoms with E-state index in [0.717, 1.165) is 5.39 Å². The Kier molecular flexibility index (Phi) is 5.17. The number of methoxy groups -OCH3 is 2. The van der Waals surface area contributed by atoms with E-state index in [-0.39, 0.29) is 18.8 Å². The van der Waals surface area contributed by atoms with Crippen molar-refractivity contribution in [2.75, 3.05) is 27.4 Å². The zero-order valence-electron chi connectivity index (χ0n) is 12.3. The molecule has 22 heavy (non-hydrogen) atoms. The summed E-state index contributed by atoms with van der Waals surface area (Å²) in [5, 5.41) is 9.89. The molecule has 2 aromatic rings. The normalized spacial score (nSPS) is 11.2. The Hall–Kier alpha value is -2.78. The van der Waals surface area contributed by atoms with Gasteiger partial charge in [0.15, 0.2) is 11.3 Å². The van der Waals surface area contributed by atoms with Crippen LogP contribution in [-0.2, 0) is 14.3 Å². The van der Waals surface area contributed by atoms with Crippen LogP contribution in [0.1, 0.15) is 5.76 Å². The topological polar surface area (TPSA) is 81.7 Å². The summed E-state index contributed by atoms with van der Waals surface area (Å²) in [6.45, 7) is 0.356. The van der Waals surface area contributed by atoms with Crippen LogP contribution in [-0.4, -0.2) is 33.4 Å². The predicted molar refractivity (Wildman–Crippen MR) is 79.2 cm³/mol. The first-order valence-corrected chi connectivity index (χ1v) is 6.54. The average molecular weight is 301 g/mol. The molecule has 0 saturated carbocycles. The van der Waals surface area contributed by atoms with E-state index in [9.17, 15) is 4.79 Å². The first kappa shape index (κ1) is 15.6. The van der Waals surface area contributed by atoms with Crippen LogP contribution in [0.3, 0.4) is 0 Å². The Morgan fingerprint density at radius 3 is 2.86 bits per heavy atom. The summed E-state index contributed by atoms with van der Waals surface area (Å²) in [7, 11) is 3.04. The average Bonchev–Trinajstić information content (AvgIpc) is 2.95. The molecule has 0 unspecified atom stereocenters. The highest BCUT2D eigenvalue weighted by Gasteiger charge is 2.13. The van der Waals surface area contributed by atoms with Gasteiger partial charge in [-0.05, 0) is 12.1 Å². The van der Waals surface area contributed by atoms with Crippen LogP contribution in [0.15, 0.2) is 34.3 Å². The minimum absolute atomic E-state index is 0.0856. The lowest BCUT2D eigenvalue weighted by atomic mass is 10.2. The standard InChI is InChI=1S/C16H15NO5/c1-19-6-7-21-16(18)12(10-17)9-13-8-11-4-3-5-14(20-2)15(11)22-13/h3-5,8-9H,6-7H2,1-2H3/b12-9+. The van der Waals surface area contributed by atoms with Crippen LogP contribution < -0.4 is 4.74 Å². The number of carbonyl (C=O) groups excluding carboxylic acids is 1. The first-order valence-electron chi connectivity index (χ1n) is 6.54. The highest BCUT2D eigenvalue weighted by atomic mass is 16.6. The van der Waals surface area contributed by atoms with Crippen molar-refractivity contribution in [2.45, 2.75) is 0 Å². The fraction of sp³-hybridized carbons (Fsp3) is 0.250. The second-order valence-corrected chi connectivity index (χ2v) is 4.33. The molecule has 0 aliphatic rings. The maximum absolute atomic E-state index is 11.8. The van der Waals surface area contributed by atoms with Crippen molar-refractivity contribution in [1.82, 2.24) is 0 Å². The summed E-state index contributed by atoms with van der Waals surface area (Å²) >= 11 is 0. The fourth-order valence-corrected chi connectivity index (χ4v) is 1.86. The van der Waals surface area contributed by atoms with E-state index in [0.29, 0.717) is 17.1 Å². The molecule has 0 aliphatic heterocycles. The number of benzene rings is 1. The van der Waals surface area contributed by atoms with E-state index in [1.54, 1.807) is 25.3 Å². The van der Waals surface area contributed by atoms with Crippen molar-refractivity contribution in [3.63, 3.8) is 0 Å². The van der Waals surface area contributed by atoms with Crippen molar-refractivity contribution in [1.29, 1.82) is 5.26 Å². The number of rotatable bonds is 6. The monoisotopic (exact) mass is 301 g/mol. The van der Waals surface area contributed by atoms with Gasteiger partial charge in [-0.15, -0.1) is 0 Å². The Morgan fingerprint density at radius 1 is 1.36 bits per heavy atom. The van der Waals surface area contributed by atoms with Crippen LogP contribution in [0, 0.1) is 11.3 Å². The fourth-order valence-electron chi connectivity index (χ4n) is 1.86. The number of carbonyl (C=O) groups is 1. The van der Waals surface area contributed by atoms with Crippen LogP contribution in [0.2, 0.25) is 0 Å². The van der Waals surface area contributed by atoms with Gasteiger partial charge >= 0.3 is 5.97 Å². The molecule has 0 N–H and O–H groups in total. The first-order chi connectivity index (χ1) is 10.7. The van der Waals surface area contributed by atoms with E-state index in [1.165, 1.54) is 13.2 Å². The number of hydrogen-bond donors (Lipinski definition) is 0. The maximum atomic E-state index is 11.8. The van der Waals surface area contributed by atoms with Gasteiger partial charge in [-0.1, -0.05) is 12.1 Å². The summed E-state index contributed by atoms with van der Waals surface area (Å²) < 4.78 is 20.5. The van der Waals surface area contributed by atoms with Crippen LogP contribution in [0.5, 0.6) is 5.75 Å². The molecule has 1 aromatic carbocycles. The van der Waals surface area contributed by atoms with Gasteiger partial charge < -0.3 is 18.6 Å². The van der Waals surface area contributed by atoms with Gasteiger partial charge in [0, 0.05) is 18.6 Å². The van der Waals surface area contributed by atoms with Gasteiger partial charge in [0.05, 0.1) is 13.7 Å². The second-order valence-electron chi connectivity index (χ2n) is 4.33. The predicted octanol–water partition coefficient (Wildman–Crippen LogP) is 2.54. The lowest BCUT2D eigenvalue weighted by Gasteiger charge is -2.01. The Labute approximate surface area is 127 Å². The molecule has 0 fully saturated rings. The third-order valence-electron chi connectivity index (χ3n) is 2.89. The van der Waals surface area contributed by atoms with Gasteiger partial charge in [-0.25, -0.2) is 4.79 Å². The number of nitriles is 1.